The summed E-state index contributed by atoms with van der Waals surface area (Å²) >= 11 is 1.78. The number of nitrogens with zero attached hydrogens (tertiary/aromatic N) is 2. The first-order chi connectivity index (χ1) is 6.02. The van der Waals surface area contributed by atoms with E-state index in [0.29, 0.717) is 3.70 Å². The lowest BCUT2D eigenvalue weighted by molar-refractivity contribution is -0.385. The molecule has 0 radical (unpaired) electrons. The summed E-state index contributed by atoms with van der Waals surface area (Å²) in [6.45, 7) is 0. The molecule has 1 heterocycles. The smallest absolute Gasteiger partial charge is 0.342 e. The van der Waals surface area contributed by atoms with E-state index in [2.05, 4.69) is 4.98 Å². The van der Waals surface area contributed by atoms with Crippen LogP contribution in [-0.2, 0) is 0 Å². The molecule has 0 bridgehead atoms. The molecular formula is C6H3IN2O4. The predicted octanol–water partition coefficient (Wildman–Crippen LogP) is 1.29. The van der Waals surface area contributed by atoms with Gasteiger partial charge in [0, 0.05) is 0 Å². The van der Waals surface area contributed by atoms with Crippen LogP contribution in [0.5, 0.6) is 0 Å². The minimum Gasteiger partial charge on any atom is -0.477 e. The van der Waals surface area contributed by atoms with E-state index in [9.17, 15) is 14.9 Å². The molecule has 0 amide bonds. The van der Waals surface area contributed by atoms with Crippen molar-refractivity contribution in [2.75, 3.05) is 0 Å². The molecule has 1 aromatic heterocycles. The second-order valence-corrected chi connectivity index (χ2v) is 3.19. The first kappa shape index (κ1) is 9.84. The second-order valence-electron chi connectivity index (χ2n) is 2.09. The third-order valence-electron chi connectivity index (χ3n) is 1.28. The number of nitro groups is 1. The normalized spacial score (nSPS) is 9.62. The maximum absolute atomic E-state index is 10.5. The maximum atomic E-state index is 10.5. The number of pyridine rings is 1. The molecule has 0 fully saturated rings. The monoisotopic (exact) mass is 294 g/mol. The number of aromatic carboxylic acids is 1. The summed E-state index contributed by atoms with van der Waals surface area (Å²) in [4.78, 5) is 23.7. The molecule has 1 rings (SSSR count). The van der Waals surface area contributed by atoms with Crippen LogP contribution in [0.25, 0.3) is 0 Å². The van der Waals surface area contributed by atoms with Gasteiger partial charge in [0.1, 0.15) is 15.5 Å². The van der Waals surface area contributed by atoms with Crippen molar-refractivity contribution in [1.82, 2.24) is 4.98 Å². The van der Waals surface area contributed by atoms with Crippen LogP contribution in [0, 0.1) is 13.8 Å². The fourth-order valence-corrected chi connectivity index (χ4v) is 1.19. The first-order valence-electron chi connectivity index (χ1n) is 3.05. The summed E-state index contributed by atoms with van der Waals surface area (Å²) in [6.07, 6.45) is 0.936. The highest BCUT2D eigenvalue weighted by molar-refractivity contribution is 14.1. The van der Waals surface area contributed by atoms with Crippen molar-refractivity contribution in [2.45, 2.75) is 0 Å². The molecule has 0 unspecified atom stereocenters. The van der Waals surface area contributed by atoms with Gasteiger partial charge >= 0.3 is 11.7 Å². The number of halogens is 1. The van der Waals surface area contributed by atoms with Crippen LogP contribution in [0.4, 0.5) is 5.69 Å². The van der Waals surface area contributed by atoms with Crippen molar-refractivity contribution in [3.05, 3.63) is 31.6 Å². The van der Waals surface area contributed by atoms with Gasteiger partial charge in [0.15, 0.2) is 0 Å². The van der Waals surface area contributed by atoms with Crippen molar-refractivity contribution in [2.24, 2.45) is 0 Å². The van der Waals surface area contributed by atoms with Gasteiger partial charge < -0.3 is 5.11 Å². The van der Waals surface area contributed by atoms with Gasteiger partial charge in [0.25, 0.3) is 0 Å². The Balaban J connectivity index is 3.35. The molecule has 0 spiro atoms. The zero-order chi connectivity index (χ0) is 10.0. The Kier molecular flexibility index (Phi) is 2.76. The van der Waals surface area contributed by atoms with E-state index < -0.39 is 16.6 Å². The predicted molar refractivity (Wildman–Crippen MR) is 50.6 cm³/mol. The van der Waals surface area contributed by atoms with E-state index in [-0.39, 0.29) is 5.56 Å². The van der Waals surface area contributed by atoms with E-state index >= 15 is 0 Å². The summed E-state index contributed by atoms with van der Waals surface area (Å²) in [5, 5.41) is 18.9. The van der Waals surface area contributed by atoms with E-state index in [1.165, 1.54) is 0 Å². The topological polar surface area (TPSA) is 93.3 Å². The van der Waals surface area contributed by atoms with E-state index in [4.69, 9.17) is 5.11 Å². The van der Waals surface area contributed by atoms with Crippen molar-refractivity contribution >= 4 is 34.2 Å². The molecule has 0 saturated carbocycles. The third kappa shape index (κ3) is 2.11. The zero-order valence-electron chi connectivity index (χ0n) is 6.10. The number of hydrogen-bond donors (Lipinski definition) is 1. The number of carbonyl (C=O) groups is 1. The maximum Gasteiger partial charge on any atom is 0.342 e. The SMILES string of the molecule is O=C(O)c1cc(I)ncc1[N+](=O)[O-]. The Hall–Kier alpha value is -1.25. The van der Waals surface area contributed by atoms with E-state index in [0.717, 1.165) is 12.3 Å². The molecule has 1 aromatic rings. The number of hydrogen-bond acceptors (Lipinski definition) is 4. The van der Waals surface area contributed by atoms with Crippen LogP contribution >= 0.6 is 22.6 Å². The number of carboxylic acid groups (broad SMARTS) is 1. The van der Waals surface area contributed by atoms with Crippen molar-refractivity contribution in [1.29, 1.82) is 0 Å². The highest BCUT2D eigenvalue weighted by Gasteiger charge is 2.20. The van der Waals surface area contributed by atoms with Gasteiger partial charge in [0.2, 0.25) is 0 Å². The molecule has 0 aliphatic rings. The Morgan fingerprint density at radius 2 is 2.31 bits per heavy atom. The molecule has 0 aliphatic carbocycles. The summed E-state index contributed by atoms with van der Waals surface area (Å²) in [5.74, 6) is -1.33. The fraction of sp³-hybridized carbons (Fsp3) is 0. The Morgan fingerprint density at radius 1 is 1.69 bits per heavy atom. The van der Waals surface area contributed by atoms with Crippen molar-refractivity contribution in [3.8, 4) is 0 Å². The third-order valence-corrected chi connectivity index (χ3v) is 1.87. The average Bonchev–Trinajstić information content (AvgIpc) is 2.03. The summed E-state index contributed by atoms with van der Waals surface area (Å²) in [6, 6.07) is 1.15. The number of carboxylic acids is 1. The lowest BCUT2D eigenvalue weighted by atomic mass is 10.2. The Morgan fingerprint density at radius 3 is 2.77 bits per heavy atom. The first-order valence-corrected chi connectivity index (χ1v) is 4.13. The number of rotatable bonds is 2. The lowest BCUT2D eigenvalue weighted by Crippen LogP contribution is -2.03. The van der Waals surface area contributed by atoms with Crippen LogP contribution in [0.3, 0.4) is 0 Å². The molecular weight excluding hydrogens is 291 g/mol. The largest absolute Gasteiger partial charge is 0.477 e. The molecule has 0 atom stereocenters. The fourth-order valence-electron chi connectivity index (χ4n) is 0.739. The van der Waals surface area contributed by atoms with Gasteiger partial charge in [-0.2, -0.15) is 0 Å². The molecule has 6 nitrogen and oxygen atoms in total. The van der Waals surface area contributed by atoms with Gasteiger partial charge in [-0.1, -0.05) is 0 Å². The van der Waals surface area contributed by atoms with Crippen LogP contribution in [0.1, 0.15) is 10.4 Å². The van der Waals surface area contributed by atoms with Crippen LogP contribution in [0.2, 0.25) is 0 Å². The molecule has 7 heteroatoms. The van der Waals surface area contributed by atoms with Crippen LogP contribution in [-0.4, -0.2) is 21.0 Å². The Labute approximate surface area is 85.9 Å². The lowest BCUT2D eigenvalue weighted by Gasteiger charge is -1.96. The molecule has 0 saturated heterocycles. The zero-order valence-corrected chi connectivity index (χ0v) is 8.26. The van der Waals surface area contributed by atoms with E-state index in [1.807, 2.05) is 0 Å². The number of aromatic nitrogens is 1. The van der Waals surface area contributed by atoms with Crippen molar-refractivity contribution < 1.29 is 14.8 Å². The Bertz CT molecular complexity index is 379. The standard InChI is InChI=1S/C6H3IN2O4/c7-5-1-3(6(10)11)4(2-8-5)9(12)13/h1-2H,(H,10,11). The molecule has 0 aromatic carbocycles. The van der Waals surface area contributed by atoms with Crippen LogP contribution < -0.4 is 0 Å². The average molecular weight is 294 g/mol. The summed E-state index contributed by atoms with van der Waals surface area (Å²) in [7, 11) is 0. The second kappa shape index (κ2) is 3.64. The molecule has 0 aliphatic heterocycles. The van der Waals surface area contributed by atoms with Gasteiger partial charge in [-0.3, -0.25) is 10.1 Å². The van der Waals surface area contributed by atoms with Crippen LogP contribution in [0.15, 0.2) is 12.3 Å². The van der Waals surface area contributed by atoms with Crippen molar-refractivity contribution in [3.63, 3.8) is 0 Å². The quantitative estimate of drug-likeness (QED) is 0.384. The summed E-state index contributed by atoms with van der Waals surface area (Å²) in [5.41, 5.74) is -0.836. The summed E-state index contributed by atoms with van der Waals surface area (Å²) < 4.78 is 0.403. The highest BCUT2D eigenvalue weighted by atomic mass is 127. The van der Waals surface area contributed by atoms with Gasteiger partial charge in [-0.25, -0.2) is 9.78 Å². The van der Waals surface area contributed by atoms with Gasteiger partial charge in [-0.15, -0.1) is 0 Å². The van der Waals surface area contributed by atoms with E-state index in [1.54, 1.807) is 22.6 Å². The molecule has 13 heavy (non-hydrogen) atoms. The molecule has 1 N–H and O–H groups in total. The minimum atomic E-state index is -1.33. The van der Waals surface area contributed by atoms with Gasteiger partial charge in [-0.05, 0) is 28.7 Å². The minimum absolute atomic E-state index is 0.343. The molecule has 68 valence electrons. The van der Waals surface area contributed by atoms with Gasteiger partial charge in [0.05, 0.1) is 4.92 Å². The highest BCUT2D eigenvalue weighted by Crippen LogP contribution is 2.18.